The Morgan fingerprint density at radius 2 is 1.85 bits per heavy atom. The molecule has 5 fully saturated rings. The maximum Gasteiger partial charge on any atom is 0.227 e. The average molecular weight is 712 g/mol. The zero-order valence-electron chi connectivity index (χ0n) is 29.7. The monoisotopic (exact) mass is 711 g/mol. The number of anilines is 1. The van der Waals surface area contributed by atoms with E-state index < -0.39 is 23.6 Å². The molecule has 6 aliphatic rings. The molecule has 0 radical (unpaired) electrons. The number of piperidine rings is 2. The number of pyridine rings is 1. The lowest BCUT2D eigenvalue weighted by molar-refractivity contribution is -0.0957. The van der Waals surface area contributed by atoms with Crippen LogP contribution in [0, 0.1) is 29.4 Å². The van der Waals surface area contributed by atoms with E-state index in [1.54, 1.807) is 6.20 Å². The summed E-state index contributed by atoms with van der Waals surface area (Å²) < 4.78 is 45.0. The van der Waals surface area contributed by atoms with Crippen LogP contribution in [-0.4, -0.2) is 93.3 Å². The highest BCUT2D eigenvalue weighted by atomic mass is 19.1. The highest BCUT2D eigenvalue weighted by Crippen LogP contribution is 2.51. The van der Waals surface area contributed by atoms with Crippen molar-refractivity contribution in [1.82, 2.24) is 14.8 Å². The summed E-state index contributed by atoms with van der Waals surface area (Å²) in [6.45, 7) is 4.38. The number of aromatic nitrogens is 1. The number of terminal acetylenes is 1. The van der Waals surface area contributed by atoms with Gasteiger partial charge in [-0.1, -0.05) is 18.4 Å². The van der Waals surface area contributed by atoms with Crippen LogP contribution in [-0.2, 0) is 9.47 Å². The van der Waals surface area contributed by atoms with Crippen LogP contribution in [0.15, 0.2) is 35.5 Å². The molecule has 274 valence electrons. The number of ether oxygens (including phenoxy) is 2. The SMILES string of the molecule is C#Cc1c(F)ccc2cc(O)cc(-c3ncc4c(c3F)NC(OC[C@]35CCC[C@H]3N(C3CC6CCC(C3)O6)CCC5)N=C4N3CCC[C@@](C)(O)C3)c12. The Kier molecular flexibility index (Phi) is 8.46. The molecule has 3 aromatic rings. The van der Waals surface area contributed by atoms with Gasteiger partial charge in [0.05, 0.1) is 41.2 Å². The minimum Gasteiger partial charge on any atom is -0.508 e. The van der Waals surface area contributed by atoms with Gasteiger partial charge in [-0.3, -0.25) is 9.88 Å². The number of halogens is 2. The van der Waals surface area contributed by atoms with E-state index in [4.69, 9.17) is 20.9 Å². The molecule has 3 unspecified atom stereocenters. The fraction of sp³-hybridized carbons (Fsp3) is 0.561. The van der Waals surface area contributed by atoms with Crippen molar-refractivity contribution < 1.29 is 28.5 Å². The molecule has 9 nitrogen and oxygen atoms in total. The molecule has 52 heavy (non-hydrogen) atoms. The van der Waals surface area contributed by atoms with Crippen molar-refractivity contribution in [3.63, 3.8) is 0 Å². The fourth-order valence-corrected chi connectivity index (χ4v) is 10.5. The maximum absolute atomic E-state index is 17.1. The number of likely N-dealkylation sites (tertiary alicyclic amines) is 2. The van der Waals surface area contributed by atoms with Crippen molar-refractivity contribution in [1.29, 1.82) is 0 Å². The Bertz CT molecular complexity index is 1970. The highest BCUT2D eigenvalue weighted by Gasteiger charge is 2.51. The van der Waals surface area contributed by atoms with Gasteiger partial charge in [0.1, 0.15) is 23.1 Å². The predicted molar refractivity (Wildman–Crippen MR) is 195 cm³/mol. The first-order chi connectivity index (χ1) is 25.1. The molecule has 2 bridgehead atoms. The first-order valence-corrected chi connectivity index (χ1v) is 19.1. The molecule has 1 aliphatic carbocycles. The number of phenols is 1. The average Bonchev–Trinajstić information content (AvgIpc) is 3.72. The quantitative estimate of drug-likeness (QED) is 0.257. The lowest BCUT2D eigenvalue weighted by Crippen LogP contribution is -2.57. The number of nitrogens with zero attached hydrogens (tertiary/aromatic N) is 4. The topological polar surface area (TPSA) is 103 Å². The molecule has 3 N–H and O–H groups in total. The highest BCUT2D eigenvalue weighted by molar-refractivity contribution is 6.06. The van der Waals surface area contributed by atoms with E-state index in [-0.39, 0.29) is 33.7 Å². The number of fused-ring (bicyclic) bond motifs is 5. The van der Waals surface area contributed by atoms with Gasteiger partial charge in [-0.05, 0) is 101 Å². The van der Waals surface area contributed by atoms with E-state index in [1.807, 2.05) is 11.8 Å². The van der Waals surface area contributed by atoms with Gasteiger partial charge in [-0.15, -0.1) is 6.42 Å². The molecule has 0 spiro atoms. The molecular formula is C41H47F2N5O4. The lowest BCUT2D eigenvalue weighted by atomic mass is 9.74. The molecule has 9 rings (SSSR count). The number of phenolic OH excluding ortho intramolecular Hbond substituents is 1. The smallest absolute Gasteiger partial charge is 0.227 e. The number of aromatic hydroxyl groups is 1. The summed E-state index contributed by atoms with van der Waals surface area (Å²) >= 11 is 0. The Hall–Kier alpha value is -3.82. The van der Waals surface area contributed by atoms with Crippen molar-refractivity contribution >= 4 is 22.3 Å². The third-order valence-electron chi connectivity index (χ3n) is 12.8. The Morgan fingerprint density at radius 3 is 2.63 bits per heavy atom. The van der Waals surface area contributed by atoms with Gasteiger partial charge in [0.25, 0.3) is 0 Å². The third-order valence-corrected chi connectivity index (χ3v) is 12.8. The maximum atomic E-state index is 17.1. The van der Waals surface area contributed by atoms with Gasteiger partial charge >= 0.3 is 0 Å². The van der Waals surface area contributed by atoms with Crippen molar-refractivity contribution in [3.05, 3.63) is 53.2 Å². The fourth-order valence-electron chi connectivity index (χ4n) is 10.5. The Labute approximate surface area is 303 Å². The zero-order valence-corrected chi connectivity index (χ0v) is 29.7. The lowest BCUT2D eigenvalue weighted by Gasteiger charge is -2.51. The molecule has 11 heteroatoms. The standard InChI is InChI=1S/C41H47F2N5O4/c1-3-29-32(42)11-8-24-17-26(49)20-30(34(24)29)36-35(43)37-31(21-44-36)38(47-15-5-12-40(2,50)22-47)46-39(45-37)51-23-41-13-4-7-33(41)48(16-6-14-41)25-18-27-9-10-28(19-25)52-27/h1,8,11,17,20-21,25,27-28,33,39,45,49-50H,4-7,9-10,12-16,18-19,22-23H2,2H3/t25?,27?,28?,33-,39?,40-,41-/m1/s1. The second kappa shape index (κ2) is 12.9. The summed E-state index contributed by atoms with van der Waals surface area (Å²) in [6, 6.07) is 6.56. The number of benzene rings is 2. The molecule has 1 aromatic heterocycles. The molecule has 0 amide bonds. The number of amidine groups is 1. The van der Waals surface area contributed by atoms with Gasteiger partial charge in [0.15, 0.2) is 5.82 Å². The van der Waals surface area contributed by atoms with Crippen LogP contribution >= 0.6 is 0 Å². The zero-order chi connectivity index (χ0) is 35.8. The second-order valence-electron chi connectivity index (χ2n) is 16.3. The predicted octanol–water partition coefficient (Wildman–Crippen LogP) is 6.53. The van der Waals surface area contributed by atoms with Gasteiger partial charge in [-0.25, -0.2) is 13.8 Å². The van der Waals surface area contributed by atoms with Gasteiger partial charge in [0, 0.05) is 47.7 Å². The van der Waals surface area contributed by atoms with E-state index in [2.05, 4.69) is 21.1 Å². The third kappa shape index (κ3) is 5.83. The van der Waals surface area contributed by atoms with Gasteiger partial charge < -0.3 is 29.9 Å². The molecule has 4 saturated heterocycles. The minimum atomic E-state index is -0.935. The normalized spacial score (nSPS) is 32.9. The summed E-state index contributed by atoms with van der Waals surface area (Å²) in [5, 5.41) is 25.7. The van der Waals surface area contributed by atoms with Gasteiger partial charge in [0.2, 0.25) is 6.35 Å². The number of β-amino-alcohol motifs (C(OH)–C–C–N with tert-alkyl or cyclic N) is 1. The summed E-state index contributed by atoms with van der Waals surface area (Å²) in [4.78, 5) is 14.4. The summed E-state index contributed by atoms with van der Waals surface area (Å²) in [7, 11) is 0. The molecule has 2 aromatic carbocycles. The number of aliphatic imine (C=N–C) groups is 1. The summed E-state index contributed by atoms with van der Waals surface area (Å²) in [5.41, 5.74) is -0.273. The number of rotatable bonds is 5. The van der Waals surface area contributed by atoms with Crippen molar-refractivity contribution in [2.45, 2.75) is 114 Å². The first-order valence-electron chi connectivity index (χ1n) is 19.1. The minimum absolute atomic E-state index is 0.0137. The van der Waals surface area contributed by atoms with E-state index in [1.165, 1.54) is 37.1 Å². The van der Waals surface area contributed by atoms with Crippen molar-refractivity contribution in [3.8, 4) is 29.4 Å². The van der Waals surface area contributed by atoms with E-state index in [0.29, 0.717) is 72.6 Å². The van der Waals surface area contributed by atoms with Crippen molar-refractivity contribution in [2.75, 3.05) is 31.6 Å². The van der Waals surface area contributed by atoms with Crippen LogP contribution in [0.1, 0.15) is 88.7 Å². The second-order valence-corrected chi connectivity index (χ2v) is 16.3. The van der Waals surface area contributed by atoms with Crippen LogP contribution in [0.5, 0.6) is 5.75 Å². The molecular weight excluding hydrogens is 664 g/mol. The molecule has 6 heterocycles. The molecule has 1 saturated carbocycles. The summed E-state index contributed by atoms with van der Waals surface area (Å²) in [6.07, 6.45) is 18.7. The molecule has 5 aliphatic heterocycles. The number of hydrogen-bond acceptors (Lipinski definition) is 9. The van der Waals surface area contributed by atoms with E-state index in [0.717, 1.165) is 57.9 Å². The van der Waals surface area contributed by atoms with E-state index in [9.17, 15) is 14.6 Å². The Morgan fingerprint density at radius 1 is 1.06 bits per heavy atom. The number of hydrogen-bond donors (Lipinski definition) is 3. The van der Waals surface area contributed by atoms with Crippen LogP contribution < -0.4 is 5.32 Å². The molecule has 6 atom stereocenters. The number of aliphatic hydroxyl groups is 1. The van der Waals surface area contributed by atoms with Crippen LogP contribution in [0.2, 0.25) is 0 Å². The van der Waals surface area contributed by atoms with Gasteiger partial charge in [-0.2, -0.15) is 0 Å². The Balaban J connectivity index is 1.06. The number of nitrogens with one attached hydrogen (secondary N) is 1. The first kappa shape index (κ1) is 34.0. The largest absolute Gasteiger partial charge is 0.508 e. The van der Waals surface area contributed by atoms with Crippen LogP contribution in [0.25, 0.3) is 22.0 Å². The van der Waals surface area contributed by atoms with Crippen LogP contribution in [0.4, 0.5) is 14.5 Å². The van der Waals surface area contributed by atoms with Crippen molar-refractivity contribution in [2.24, 2.45) is 10.4 Å². The van der Waals surface area contributed by atoms with E-state index >= 15 is 4.39 Å². The van der Waals surface area contributed by atoms with Crippen LogP contribution in [0.3, 0.4) is 0 Å². The summed E-state index contributed by atoms with van der Waals surface area (Å²) in [5.74, 6) is 1.50.